The van der Waals surface area contributed by atoms with Crippen LogP contribution >= 0.6 is 0 Å². The number of sulfone groups is 1. The average Bonchev–Trinajstić information content (AvgIpc) is 2.33. The van der Waals surface area contributed by atoms with Crippen LogP contribution in [0.15, 0.2) is 0 Å². The van der Waals surface area contributed by atoms with Crippen molar-refractivity contribution < 1.29 is 8.42 Å². The van der Waals surface area contributed by atoms with Gasteiger partial charge in [-0.15, -0.1) is 0 Å². The molecular weight excluding hydrogens is 246 g/mol. The van der Waals surface area contributed by atoms with Crippen molar-refractivity contribution in [2.45, 2.75) is 64.3 Å². The third kappa shape index (κ3) is 6.19. The van der Waals surface area contributed by atoms with Crippen LogP contribution in [0.5, 0.6) is 0 Å². The summed E-state index contributed by atoms with van der Waals surface area (Å²) in [5.74, 6) is 1.68. The van der Waals surface area contributed by atoms with Gasteiger partial charge in [-0.3, -0.25) is 0 Å². The van der Waals surface area contributed by atoms with Gasteiger partial charge in [-0.25, -0.2) is 8.42 Å². The third-order valence-electron chi connectivity index (χ3n) is 4.28. The van der Waals surface area contributed by atoms with Gasteiger partial charge in [0.25, 0.3) is 0 Å². The maximum Gasteiger partial charge on any atom is 0.147 e. The van der Waals surface area contributed by atoms with E-state index in [0.717, 1.165) is 5.92 Å². The van der Waals surface area contributed by atoms with Crippen molar-refractivity contribution in [3.8, 4) is 0 Å². The van der Waals surface area contributed by atoms with Crippen molar-refractivity contribution >= 4 is 9.84 Å². The van der Waals surface area contributed by atoms with Gasteiger partial charge in [-0.1, -0.05) is 39.0 Å². The Bertz CT molecular complexity index is 319. The summed E-state index contributed by atoms with van der Waals surface area (Å²) < 4.78 is 22.3. The Kier molecular flexibility index (Phi) is 6.64. The molecule has 0 radical (unpaired) electrons. The van der Waals surface area contributed by atoms with E-state index in [4.69, 9.17) is 5.73 Å². The van der Waals surface area contributed by atoms with E-state index in [9.17, 15) is 8.42 Å². The van der Waals surface area contributed by atoms with Crippen LogP contribution in [-0.4, -0.2) is 26.5 Å². The maximum absolute atomic E-state index is 11.1. The maximum atomic E-state index is 11.1. The van der Waals surface area contributed by atoms with Crippen LogP contribution < -0.4 is 5.73 Å². The van der Waals surface area contributed by atoms with Crippen molar-refractivity contribution in [3.63, 3.8) is 0 Å². The van der Waals surface area contributed by atoms with Gasteiger partial charge >= 0.3 is 0 Å². The number of hydrogen-bond acceptors (Lipinski definition) is 3. The molecule has 2 N–H and O–H groups in total. The molecule has 0 aromatic heterocycles. The van der Waals surface area contributed by atoms with Crippen molar-refractivity contribution in [2.75, 3.05) is 12.0 Å². The molecular formula is C14H29NO2S. The van der Waals surface area contributed by atoms with E-state index in [-0.39, 0.29) is 11.8 Å². The van der Waals surface area contributed by atoms with E-state index < -0.39 is 9.84 Å². The van der Waals surface area contributed by atoms with Crippen LogP contribution in [0.3, 0.4) is 0 Å². The fourth-order valence-electron chi connectivity index (χ4n) is 2.98. The highest BCUT2D eigenvalue weighted by molar-refractivity contribution is 7.90. The first-order valence-electron chi connectivity index (χ1n) is 7.35. The lowest BCUT2D eigenvalue weighted by molar-refractivity contribution is 0.229. The Morgan fingerprint density at radius 2 is 1.83 bits per heavy atom. The van der Waals surface area contributed by atoms with Crippen molar-refractivity contribution in [1.29, 1.82) is 0 Å². The molecule has 1 unspecified atom stereocenters. The average molecular weight is 275 g/mol. The summed E-state index contributed by atoms with van der Waals surface area (Å²) in [6.45, 7) is 2.24. The second-order valence-electron chi connectivity index (χ2n) is 6.01. The molecule has 0 aliphatic heterocycles. The molecule has 1 fully saturated rings. The first-order valence-corrected chi connectivity index (χ1v) is 9.41. The monoisotopic (exact) mass is 275 g/mol. The second kappa shape index (κ2) is 7.49. The van der Waals surface area contributed by atoms with E-state index in [2.05, 4.69) is 6.92 Å². The highest BCUT2D eigenvalue weighted by atomic mass is 32.2. The fourth-order valence-corrected chi connectivity index (χ4v) is 3.68. The molecule has 1 aliphatic rings. The summed E-state index contributed by atoms with van der Waals surface area (Å²) in [5.41, 5.74) is 6.14. The van der Waals surface area contributed by atoms with Gasteiger partial charge in [0.1, 0.15) is 9.84 Å². The Morgan fingerprint density at radius 1 is 1.22 bits per heavy atom. The van der Waals surface area contributed by atoms with Crippen molar-refractivity contribution in [2.24, 2.45) is 17.6 Å². The largest absolute Gasteiger partial charge is 0.327 e. The minimum atomic E-state index is -2.86. The summed E-state index contributed by atoms with van der Waals surface area (Å²) in [6, 6.07) is 0.0758. The van der Waals surface area contributed by atoms with Gasteiger partial charge in [-0.2, -0.15) is 0 Å². The van der Waals surface area contributed by atoms with E-state index in [1.807, 2.05) is 0 Å². The smallest absolute Gasteiger partial charge is 0.147 e. The van der Waals surface area contributed by atoms with Gasteiger partial charge in [0.05, 0.1) is 5.75 Å². The van der Waals surface area contributed by atoms with Crippen LogP contribution in [0.25, 0.3) is 0 Å². The van der Waals surface area contributed by atoms with Crippen LogP contribution in [0.1, 0.15) is 58.3 Å². The molecule has 4 heteroatoms. The summed E-state index contributed by atoms with van der Waals surface area (Å²) in [4.78, 5) is 0. The minimum absolute atomic E-state index is 0.0758. The molecule has 1 aliphatic carbocycles. The summed E-state index contributed by atoms with van der Waals surface area (Å²) in [7, 11) is -2.86. The van der Waals surface area contributed by atoms with Crippen LogP contribution in [0, 0.1) is 11.8 Å². The van der Waals surface area contributed by atoms with Crippen molar-refractivity contribution in [1.82, 2.24) is 0 Å². The van der Waals surface area contributed by atoms with Gasteiger partial charge in [0, 0.05) is 12.3 Å². The standard InChI is InChI=1S/C14H29NO2S/c1-3-4-5-12-6-8-13(9-7-12)14(15)10-11-18(2,16)17/h12-14H,3-11,15H2,1-2H3. The third-order valence-corrected chi connectivity index (χ3v) is 5.26. The molecule has 18 heavy (non-hydrogen) atoms. The molecule has 3 nitrogen and oxygen atoms in total. The zero-order valence-corrected chi connectivity index (χ0v) is 12.7. The van der Waals surface area contributed by atoms with Crippen LogP contribution in [0.2, 0.25) is 0 Å². The van der Waals surface area contributed by atoms with Crippen LogP contribution in [0.4, 0.5) is 0 Å². The fraction of sp³-hybridized carbons (Fsp3) is 1.00. The first-order chi connectivity index (χ1) is 8.42. The minimum Gasteiger partial charge on any atom is -0.327 e. The Morgan fingerprint density at radius 3 is 2.33 bits per heavy atom. The molecule has 0 aromatic carbocycles. The van der Waals surface area contributed by atoms with Gasteiger partial charge < -0.3 is 5.73 Å². The lowest BCUT2D eigenvalue weighted by atomic mass is 9.76. The Labute approximate surface area is 112 Å². The summed E-state index contributed by atoms with van der Waals surface area (Å²) >= 11 is 0. The normalized spacial score (nSPS) is 27.1. The van der Waals surface area contributed by atoms with E-state index in [1.165, 1.54) is 51.2 Å². The van der Waals surface area contributed by atoms with Gasteiger partial charge in [0.15, 0.2) is 0 Å². The highest BCUT2D eigenvalue weighted by Crippen LogP contribution is 2.33. The SMILES string of the molecule is CCCCC1CCC(C(N)CCS(C)(=O)=O)CC1. The zero-order valence-electron chi connectivity index (χ0n) is 11.9. The number of rotatable bonds is 7. The first kappa shape index (κ1) is 16.0. The number of unbranched alkanes of at least 4 members (excludes halogenated alkanes) is 1. The topological polar surface area (TPSA) is 60.2 Å². The molecule has 1 rings (SSSR count). The molecule has 0 bridgehead atoms. The molecule has 0 saturated heterocycles. The molecule has 0 amide bonds. The molecule has 1 atom stereocenters. The molecule has 0 spiro atoms. The second-order valence-corrected chi connectivity index (χ2v) is 8.27. The van der Waals surface area contributed by atoms with E-state index >= 15 is 0 Å². The lowest BCUT2D eigenvalue weighted by Gasteiger charge is -2.32. The van der Waals surface area contributed by atoms with E-state index in [0.29, 0.717) is 12.3 Å². The van der Waals surface area contributed by atoms with E-state index in [1.54, 1.807) is 0 Å². The summed E-state index contributed by atoms with van der Waals surface area (Å²) in [6.07, 6.45) is 10.9. The Balaban J connectivity index is 2.25. The summed E-state index contributed by atoms with van der Waals surface area (Å²) in [5, 5.41) is 0. The van der Waals surface area contributed by atoms with Crippen molar-refractivity contribution in [3.05, 3.63) is 0 Å². The molecule has 1 saturated carbocycles. The zero-order chi connectivity index (χ0) is 13.6. The van der Waals surface area contributed by atoms with Gasteiger partial charge in [-0.05, 0) is 31.1 Å². The Hall–Kier alpha value is -0.0900. The predicted molar refractivity (Wildman–Crippen MR) is 77.3 cm³/mol. The highest BCUT2D eigenvalue weighted by Gasteiger charge is 2.25. The quantitative estimate of drug-likeness (QED) is 0.777. The number of nitrogens with two attached hydrogens (primary N) is 1. The number of hydrogen-bond donors (Lipinski definition) is 1. The van der Waals surface area contributed by atoms with Crippen LogP contribution in [-0.2, 0) is 9.84 Å². The molecule has 108 valence electrons. The molecule has 0 heterocycles. The lowest BCUT2D eigenvalue weighted by Crippen LogP contribution is -2.34. The predicted octanol–water partition coefficient (Wildman–Crippen LogP) is 2.75. The molecule has 0 aromatic rings. The van der Waals surface area contributed by atoms with Gasteiger partial charge in [0.2, 0.25) is 0 Å².